The first-order valence-corrected chi connectivity index (χ1v) is 9.01. The van der Waals surface area contributed by atoms with Gasteiger partial charge in [0.25, 0.3) is 0 Å². The van der Waals surface area contributed by atoms with E-state index in [-0.39, 0.29) is 22.7 Å². The number of aliphatic hydroxyl groups excluding tert-OH is 1. The number of pyridine rings is 1. The van der Waals surface area contributed by atoms with Gasteiger partial charge in [0.1, 0.15) is 10.0 Å². The second-order valence-corrected chi connectivity index (χ2v) is 7.85. The van der Waals surface area contributed by atoms with Gasteiger partial charge in [-0.3, -0.25) is 0 Å². The molecule has 2 rings (SSSR count). The fraction of sp³-hybridized carbons (Fsp3) is 0.583. The van der Waals surface area contributed by atoms with Crippen LogP contribution in [0.4, 0.5) is 0 Å². The quantitative estimate of drug-likeness (QED) is 0.793. The standard InChI is InChI=1S/C12H16BrClN2O3S/c13-9-7-11(12(14)15-8-9)20(18,19)16-5-1-3-10(16)4-2-6-17/h7-8,10,17H,1-6H2. The molecule has 0 saturated carbocycles. The molecule has 0 aromatic carbocycles. The Hall–Kier alpha value is -0.210. The molecule has 112 valence electrons. The average Bonchev–Trinajstić information content (AvgIpc) is 2.88. The lowest BCUT2D eigenvalue weighted by molar-refractivity contribution is 0.264. The average molecular weight is 384 g/mol. The first kappa shape index (κ1) is 16.2. The molecule has 1 N–H and O–H groups in total. The number of hydrogen-bond acceptors (Lipinski definition) is 4. The van der Waals surface area contributed by atoms with Crippen LogP contribution in [0.15, 0.2) is 21.6 Å². The summed E-state index contributed by atoms with van der Waals surface area (Å²) in [6.45, 7) is 0.560. The summed E-state index contributed by atoms with van der Waals surface area (Å²) in [5, 5.41) is 8.89. The Balaban J connectivity index is 2.31. The van der Waals surface area contributed by atoms with Crippen molar-refractivity contribution in [1.29, 1.82) is 0 Å². The number of sulfonamides is 1. The Labute approximate surface area is 132 Å². The van der Waals surface area contributed by atoms with E-state index in [0.717, 1.165) is 12.8 Å². The van der Waals surface area contributed by atoms with Crippen LogP contribution in [0.1, 0.15) is 25.7 Å². The van der Waals surface area contributed by atoms with Gasteiger partial charge in [0.2, 0.25) is 10.0 Å². The van der Waals surface area contributed by atoms with Crippen molar-refractivity contribution in [2.45, 2.75) is 36.6 Å². The SMILES string of the molecule is O=S(=O)(c1cc(Br)cnc1Cl)N1CCCC1CCCO. The summed E-state index contributed by atoms with van der Waals surface area (Å²) in [5.41, 5.74) is 0. The normalized spacial score (nSPS) is 20.4. The number of rotatable bonds is 5. The van der Waals surface area contributed by atoms with Gasteiger partial charge < -0.3 is 5.11 Å². The highest BCUT2D eigenvalue weighted by molar-refractivity contribution is 9.10. The Morgan fingerprint density at radius 3 is 3.00 bits per heavy atom. The van der Waals surface area contributed by atoms with Crippen molar-refractivity contribution in [3.63, 3.8) is 0 Å². The lowest BCUT2D eigenvalue weighted by atomic mass is 10.1. The maximum Gasteiger partial charge on any atom is 0.246 e. The second kappa shape index (κ2) is 6.70. The molecule has 0 spiro atoms. The van der Waals surface area contributed by atoms with Crippen molar-refractivity contribution < 1.29 is 13.5 Å². The van der Waals surface area contributed by atoms with E-state index in [2.05, 4.69) is 20.9 Å². The maximum atomic E-state index is 12.7. The van der Waals surface area contributed by atoms with Crippen molar-refractivity contribution in [1.82, 2.24) is 9.29 Å². The van der Waals surface area contributed by atoms with Crippen molar-refractivity contribution >= 4 is 37.6 Å². The van der Waals surface area contributed by atoms with Crippen molar-refractivity contribution in [3.8, 4) is 0 Å². The van der Waals surface area contributed by atoms with Crippen LogP contribution in [0, 0.1) is 0 Å². The van der Waals surface area contributed by atoms with Crippen LogP contribution in [0.25, 0.3) is 0 Å². The molecule has 1 aromatic heterocycles. The first-order chi connectivity index (χ1) is 9.46. The summed E-state index contributed by atoms with van der Waals surface area (Å²) in [7, 11) is -3.64. The van der Waals surface area contributed by atoms with Crippen LogP contribution in [-0.4, -0.2) is 42.0 Å². The van der Waals surface area contributed by atoms with Crippen LogP contribution < -0.4 is 0 Å². The summed E-state index contributed by atoms with van der Waals surface area (Å²) in [6, 6.07) is 1.41. The predicted octanol–water partition coefficient (Wildman–Crippen LogP) is 2.42. The molecule has 0 aliphatic carbocycles. The van der Waals surface area contributed by atoms with Crippen LogP contribution in [0.3, 0.4) is 0 Å². The number of hydrogen-bond donors (Lipinski definition) is 1. The van der Waals surface area contributed by atoms with Gasteiger partial charge in [0.05, 0.1) is 0 Å². The molecule has 8 heteroatoms. The topological polar surface area (TPSA) is 70.5 Å². The van der Waals surface area contributed by atoms with Gasteiger partial charge in [-0.15, -0.1) is 0 Å². The van der Waals surface area contributed by atoms with E-state index < -0.39 is 10.0 Å². The zero-order chi connectivity index (χ0) is 14.8. The third-order valence-electron chi connectivity index (χ3n) is 3.38. The van der Waals surface area contributed by atoms with Gasteiger partial charge in [-0.25, -0.2) is 13.4 Å². The molecular formula is C12H16BrClN2O3S. The van der Waals surface area contributed by atoms with Crippen molar-refractivity contribution in [2.75, 3.05) is 13.2 Å². The molecular weight excluding hydrogens is 368 g/mol. The summed E-state index contributed by atoms with van der Waals surface area (Å²) in [4.78, 5) is 3.91. The molecule has 0 bridgehead atoms. The fourth-order valence-corrected chi connectivity index (χ4v) is 5.10. The van der Waals surface area contributed by atoms with Crippen LogP contribution >= 0.6 is 27.5 Å². The van der Waals surface area contributed by atoms with E-state index in [4.69, 9.17) is 16.7 Å². The minimum Gasteiger partial charge on any atom is -0.396 e. The molecule has 1 unspecified atom stereocenters. The third-order valence-corrected chi connectivity index (χ3v) is 6.19. The summed E-state index contributed by atoms with van der Waals surface area (Å²) in [6.07, 6.45) is 4.37. The molecule has 1 aromatic rings. The Kier molecular flexibility index (Phi) is 5.42. The van der Waals surface area contributed by atoms with Crippen molar-refractivity contribution in [2.24, 2.45) is 0 Å². The molecule has 1 aliphatic heterocycles. The van der Waals surface area contributed by atoms with E-state index >= 15 is 0 Å². The Morgan fingerprint density at radius 1 is 1.55 bits per heavy atom. The highest BCUT2D eigenvalue weighted by Gasteiger charge is 2.36. The van der Waals surface area contributed by atoms with E-state index in [1.165, 1.54) is 16.6 Å². The van der Waals surface area contributed by atoms with E-state index in [9.17, 15) is 8.42 Å². The maximum absolute atomic E-state index is 12.7. The third kappa shape index (κ3) is 3.33. The Bertz CT molecular complexity index is 582. The summed E-state index contributed by atoms with van der Waals surface area (Å²) >= 11 is 9.15. The zero-order valence-electron chi connectivity index (χ0n) is 10.8. The van der Waals surface area contributed by atoms with Crippen LogP contribution in [0.5, 0.6) is 0 Å². The lowest BCUT2D eigenvalue weighted by Gasteiger charge is -2.24. The number of halogens is 2. The summed E-state index contributed by atoms with van der Waals surface area (Å²) in [5.74, 6) is 0. The highest BCUT2D eigenvalue weighted by Crippen LogP contribution is 2.32. The van der Waals surface area contributed by atoms with Gasteiger partial charge in [0, 0.05) is 29.9 Å². The number of nitrogens with zero attached hydrogens (tertiary/aromatic N) is 2. The largest absolute Gasteiger partial charge is 0.396 e. The van der Waals surface area contributed by atoms with Crippen LogP contribution in [-0.2, 0) is 10.0 Å². The van der Waals surface area contributed by atoms with Gasteiger partial charge >= 0.3 is 0 Å². The molecule has 1 saturated heterocycles. The number of aliphatic hydroxyl groups is 1. The van der Waals surface area contributed by atoms with Crippen LogP contribution in [0.2, 0.25) is 5.15 Å². The molecule has 0 radical (unpaired) electrons. The van der Waals surface area contributed by atoms with Crippen molar-refractivity contribution in [3.05, 3.63) is 21.9 Å². The Morgan fingerprint density at radius 2 is 2.30 bits per heavy atom. The minimum atomic E-state index is -3.64. The predicted molar refractivity (Wildman–Crippen MR) is 80.2 cm³/mol. The molecule has 0 amide bonds. The first-order valence-electron chi connectivity index (χ1n) is 6.40. The minimum absolute atomic E-state index is 0.0130. The second-order valence-electron chi connectivity index (χ2n) is 4.72. The summed E-state index contributed by atoms with van der Waals surface area (Å²) < 4.78 is 27.5. The number of aromatic nitrogens is 1. The van der Waals surface area contributed by atoms with E-state index in [0.29, 0.717) is 23.9 Å². The molecule has 1 fully saturated rings. The van der Waals surface area contributed by atoms with Gasteiger partial charge in [0.15, 0.2) is 0 Å². The van der Waals surface area contributed by atoms with Gasteiger partial charge in [-0.2, -0.15) is 4.31 Å². The molecule has 1 atom stereocenters. The smallest absolute Gasteiger partial charge is 0.246 e. The van der Waals surface area contributed by atoms with Gasteiger partial charge in [-0.05, 0) is 47.7 Å². The zero-order valence-corrected chi connectivity index (χ0v) is 14.0. The fourth-order valence-electron chi connectivity index (χ4n) is 2.45. The molecule has 1 aliphatic rings. The molecule has 5 nitrogen and oxygen atoms in total. The molecule has 20 heavy (non-hydrogen) atoms. The molecule has 2 heterocycles. The van der Waals surface area contributed by atoms with E-state index in [1.54, 1.807) is 0 Å². The highest BCUT2D eigenvalue weighted by atomic mass is 79.9. The lowest BCUT2D eigenvalue weighted by Crippen LogP contribution is -2.35. The van der Waals surface area contributed by atoms with Gasteiger partial charge in [-0.1, -0.05) is 11.6 Å². The van der Waals surface area contributed by atoms with E-state index in [1.807, 2.05) is 0 Å². The monoisotopic (exact) mass is 382 g/mol.